The molecule has 0 aromatic carbocycles. The molecule has 0 saturated carbocycles. The Bertz CT molecular complexity index is 568. The molecule has 0 radical (unpaired) electrons. The van der Waals surface area contributed by atoms with Gasteiger partial charge in [-0.2, -0.15) is 0 Å². The highest BCUT2D eigenvalue weighted by Gasteiger charge is 2.28. The molecule has 146 valence electrons. The van der Waals surface area contributed by atoms with Crippen molar-refractivity contribution in [3.8, 4) is 0 Å². The molecule has 2 saturated heterocycles. The van der Waals surface area contributed by atoms with Crippen molar-refractivity contribution in [1.82, 2.24) is 24.3 Å². The van der Waals surface area contributed by atoms with Crippen LogP contribution in [0.2, 0.25) is 0 Å². The quantitative estimate of drug-likeness (QED) is 0.720. The molecular formula is C19H33N5O2. The number of amides is 1. The lowest BCUT2D eigenvalue weighted by molar-refractivity contribution is -0.134. The molecule has 1 aromatic rings. The highest BCUT2D eigenvalue weighted by molar-refractivity contribution is 5.78. The molecule has 7 heteroatoms. The molecule has 2 aliphatic rings. The fraction of sp³-hybridized carbons (Fsp3) is 0.789. The van der Waals surface area contributed by atoms with Crippen LogP contribution >= 0.6 is 0 Å². The van der Waals surface area contributed by atoms with Crippen molar-refractivity contribution in [1.29, 1.82) is 0 Å². The van der Waals surface area contributed by atoms with Gasteiger partial charge in [0.25, 0.3) is 0 Å². The molecule has 1 aromatic heterocycles. The third kappa shape index (κ3) is 5.28. The summed E-state index contributed by atoms with van der Waals surface area (Å²) in [7, 11) is 4.21. The molecule has 2 fully saturated rings. The summed E-state index contributed by atoms with van der Waals surface area (Å²) in [5.41, 5.74) is 0. The van der Waals surface area contributed by atoms with Crippen LogP contribution in [-0.4, -0.2) is 96.7 Å². The average molecular weight is 364 g/mol. The van der Waals surface area contributed by atoms with Crippen molar-refractivity contribution in [2.75, 3.05) is 66.6 Å². The van der Waals surface area contributed by atoms with Crippen molar-refractivity contribution in [2.45, 2.75) is 31.7 Å². The molecule has 0 N–H and O–H groups in total. The van der Waals surface area contributed by atoms with Crippen LogP contribution in [0.1, 0.15) is 31.0 Å². The van der Waals surface area contributed by atoms with E-state index in [0.717, 1.165) is 77.6 Å². The highest BCUT2D eigenvalue weighted by Crippen LogP contribution is 2.26. The Hall–Kier alpha value is -1.44. The Morgan fingerprint density at radius 1 is 1.31 bits per heavy atom. The Morgan fingerprint density at radius 2 is 2.12 bits per heavy atom. The van der Waals surface area contributed by atoms with Crippen LogP contribution in [0.15, 0.2) is 12.4 Å². The van der Waals surface area contributed by atoms with E-state index in [4.69, 9.17) is 4.74 Å². The summed E-state index contributed by atoms with van der Waals surface area (Å²) in [6.07, 6.45) is 7.28. The molecule has 1 atom stereocenters. The predicted molar refractivity (Wildman–Crippen MR) is 101 cm³/mol. The van der Waals surface area contributed by atoms with Crippen LogP contribution in [0.3, 0.4) is 0 Å². The molecule has 0 aliphatic carbocycles. The van der Waals surface area contributed by atoms with Gasteiger partial charge in [-0.05, 0) is 39.9 Å². The topological polar surface area (TPSA) is 53.8 Å². The predicted octanol–water partition coefficient (Wildman–Crippen LogP) is 0.873. The van der Waals surface area contributed by atoms with Gasteiger partial charge in [0, 0.05) is 51.0 Å². The third-order valence-electron chi connectivity index (χ3n) is 5.35. The minimum Gasteiger partial charge on any atom is -0.379 e. The van der Waals surface area contributed by atoms with Crippen LogP contribution < -0.4 is 0 Å². The number of nitrogens with zero attached hydrogens (tertiary/aromatic N) is 5. The summed E-state index contributed by atoms with van der Waals surface area (Å²) < 4.78 is 7.65. The number of imidazole rings is 1. The zero-order chi connectivity index (χ0) is 18.4. The van der Waals surface area contributed by atoms with Crippen LogP contribution in [0.4, 0.5) is 0 Å². The molecule has 26 heavy (non-hydrogen) atoms. The van der Waals surface area contributed by atoms with E-state index in [1.54, 1.807) is 0 Å². The summed E-state index contributed by atoms with van der Waals surface area (Å²) >= 11 is 0. The van der Waals surface area contributed by atoms with Gasteiger partial charge < -0.3 is 19.1 Å². The van der Waals surface area contributed by atoms with Crippen molar-refractivity contribution < 1.29 is 9.53 Å². The number of aromatic nitrogens is 2. The van der Waals surface area contributed by atoms with Gasteiger partial charge in [0.1, 0.15) is 5.82 Å². The van der Waals surface area contributed by atoms with E-state index in [9.17, 15) is 4.79 Å². The molecule has 0 spiro atoms. The molecule has 3 rings (SSSR count). The number of carbonyl (C=O) groups is 1. The Morgan fingerprint density at radius 3 is 2.88 bits per heavy atom. The number of ether oxygens (including phenoxy) is 1. The minimum absolute atomic E-state index is 0.252. The van der Waals surface area contributed by atoms with Crippen LogP contribution in [0.25, 0.3) is 0 Å². The minimum atomic E-state index is 0.252. The van der Waals surface area contributed by atoms with Gasteiger partial charge in [0.05, 0.1) is 19.8 Å². The van der Waals surface area contributed by atoms with Gasteiger partial charge in [-0.1, -0.05) is 0 Å². The number of aryl methyl sites for hydroxylation is 1. The smallest absolute Gasteiger partial charge is 0.236 e. The second kappa shape index (κ2) is 9.48. The zero-order valence-electron chi connectivity index (χ0n) is 16.3. The number of morpholine rings is 1. The van der Waals surface area contributed by atoms with Crippen molar-refractivity contribution in [3.63, 3.8) is 0 Å². The van der Waals surface area contributed by atoms with E-state index in [0.29, 0.717) is 12.5 Å². The number of likely N-dealkylation sites (tertiary alicyclic amines) is 1. The lowest BCUT2D eigenvalue weighted by Gasteiger charge is -2.35. The van der Waals surface area contributed by atoms with Crippen molar-refractivity contribution in [2.24, 2.45) is 0 Å². The van der Waals surface area contributed by atoms with Crippen LogP contribution in [0.5, 0.6) is 0 Å². The first-order valence-corrected chi connectivity index (χ1v) is 9.87. The van der Waals surface area contributed by atoms with E-state index in [1.165, 1.54) is 0 Å². The number of hydrogen-bond donors (Lipinski definition) is 0. The summed E-state index contributed by atoms with van der Waals surface area (Å²) in [4.78, 5) is 23.8. The first-order valence-electron chi connectivity index (χ1n) is 9.87. The molecule has 7 nitrogen and oxygen atoms in total. The first-order chi connectivity index (χ1) is 12.6. The highest BCUT2D eigenvalue weighted by atomic mass is 16.5. The second-order valence-electron chi connectivity index (χ2n) is 7.70. The number of carbonyl (C=O) groups excluding carboxylic acids is 1. The normalized spacial score (nSPS) is 22.1. The molecular weight excluding hydrogens is 330 g/mol. The number of rotatable bonds is 7. The lowest BCUT2D eigenvalue weighted by atomic mass is 9.97. The monoisotopic (exact) mass is 363 g/mol. The maximum absolute atomic E-state index is 12.7. The van der Waals surface area contributed by atoms with Gasteiger partial charge in [-0.25, -0.2) is 4.98 Å². The van der Waals surface area contributed by atoms with Crippen LogP contribution in [-0.2, 0) is 16.1 Å². The Labute approximate surface area is 156 Å². The fourth-order valence-electron chi connectivity index (χ4n) is 3.89. The van der Waals surface area contributed by atoms with E-state index in [1.807, 2.05) is 11.1 Å². The average Bonchev–Trinajstić information content (AvgIpc) is 3.11. The summed E-state index contributed by atoms with van der Waals surface area (Å²) in [6.45, 7) is 7.46. The summed E-state index contributed by atoms with van der Waals surface area (Å²) in [5.74, 6) is 1.75. The molecule has 2 aliphatic heterocycles. The SMILES string of the molecule is CN(C)CCCn1ccnc1[C@H]1CCCN(C(=O)CN2CCOCC2)C1. The van der Waals surface area contributed by atoms with Gasteiger partial charge in [0.2, 0.25) is 5.91 Å². The summed E-state index contributed by atoms with van der Waals surface area (Å²) in [5, 5.41) is 0. The standard InChI is InChI=1S/C19H33N5O2/c1-21(2)7-4-9-23-10-6-20-19(23)17-5-3-8-24(15-17)18(25)16-22-11-13-26-14-12-22/h6,10,17H,3-5,7-9,11-16H2,1-2H3/t17-/m0/s1. The van der Waals surface area contributed by atoms with Crippen molar-refractivity contribution in [3.05, 3.63) is 18.2 Å². The zero-order valence-corrected chi connectivity index (χ0v) is 16.3. The van der Waals surface area contributed by atoms with Gasteiger partial charge in [-0.3, -0.25) is 9.69 Å². The van der Waals surface area contributed by atoms with Gasteiger partial charge >= 0.3 is 0 Å². The third-order valence-corrected chi connectivity index (χ3v) is 5.35. The Balaban J connectivity index is 1.54. The lowest BCUT2D eigenvalue weighted by Crippen LogP contribution is -2.47. The number of hydrogen-bond acceptors (Lipinski definition) is 5. The first kappa shape index (κ1) is 19.3. The number of piperidine rings is 1. The van der Waals surface area contributed by atoms with Gasteiger partial charge in [-0.15, -0.1) is 0 Å². The van der Waals surface area contributed by atoms with E-state index in [-0.39, 0.29) is 5.91 Å². The molecule has 0 bridgehead atoms. The van der Waals surface area contributed by atoms with Crippen LogP contribution in [0, 0.1) is 0 Å². The van der Waals surface area contributed by atoms with E-state index in [2.05, 4.69) is 39.6 Å². The van der Waals surface area contributed by atoms with Crippen molar-refractivity contribution >= 4 is 5.91 Å². The largest absolute Gasteiger partial charge is 0.379 e. The maximum atomic E-state index is 12.7. The molecule has 1 amide bonds. The van der Waals surface area contributed by atoms with Gasteiger partial charge in [0.15, 0.2) is 0 Å². The van der Waals surface area contributed by atoms with E-state index < -0.39 is 0 Å². The second-order valence-corrected chi connectivity index (χ2v) is 7.70. The molecule has 0 unspecified atom stereocenters. The van der Waals surface area contributed by atoms with E-state index >= 15 is 0 Å². The summed E-state index contributed by atoms with van der Waals surface area (Å²) in [6, 6.07) is 0. The Kier molecular flexibility index (Phi) is 7.05. The molecule has 3 heterocycles. The fourth-order valence-corrected chi connectivity index (χ4v) is 3.89. The maximum Gasteiger partial charge on any atom is 0.236 e.